The van der Waals surface area contributed by atoms with Crippen LogP contribution in [0.5, 0.6) is 0 Å². The molecular weight excluding hydrogens is 242 g/mol. The predicted molar refractivity (Wildman–Crippen MR) is 71.3 cm³/mol. The summed E-state index contributed by atoms with van der Waals surface area (Å²) in [6.07, 6.45) is 0. The van der Waals surface area contributed by atoms with Crippen LogP contribution in [-0.4, -0.2) is 9.49 Å². The largest absolute Gasteiger partial charge is 0.317 e. The lowest BCUT2D eigenvalue weighted by Crippen LogP contribution is -2.02. The fraction of sp³-hybridized carbons (Fsp3) is 0.214. The van der Waals surface area contributed by atoms with Gasteiger partial charge >= 0.3 is 0 Å². The third kappa shape index (κ3) is 2.08. The molecule has 0 aliphatic carbocycles. The normalized spacial score (nSPS) is 10.2. The second-order valence-electron chi connectivity index (χ2n) is 4.46. The maximum absolute atomic E-state index is 10.9. The first-order valence-corrected chi connectivity index (χ1v) is 5.80. The smallest absolute Gasteiger partial charge is 0.271 e. The summed E-state index contributed by atoms with van der Waals surface area (Å²) in [7, 11) is 0. The monoisotopic (exact) mass is 255 g/mol. The van der Waals surface area contributed by atoms with E-state index in [0.717, 1.165) is 22.6 Å². The summed E-state index contributed by atoms with van der Waals surface area (Å²) in [6.45, 7) is 5.61. The molecule has 5 heteroatoms. The van der Waals surface area contributed by atoms with Crippen molar-refractivity contribution >= 4 is 5.69 Å². The molecule has 5 nitrogen and oxygen atoms in total. The first-order valence-electron chi connectivity index (χ1n) is 5.80. The molecule has 0 bridgehead atoms. The standard InChI is InChI=1S/C14H13N3O2/c1-9-4-5-13(17(18)19)7-14(9)16-10(2)6-12(8-15)11(16)3/h4-7H,1-3H3. The number of nitriles is 1. The van der Waals surface area contributed by atoms with Crippen molar-refractivity contribution in [2.45, 2.75) is 20.8 Å². The first-order chi connectivity index (χ1) is 8.95. The van der Waals surface area contributed by atoms with Gasteiger partial charge < -0.3 is 4.57 Å². The molecule has 0 saturated heterocycles. The third-order valence-electron chi connectivity index (χ3n) is 3.20. The molecule has 0 aliphatic rings. The summed E-state index contributed by atoms with van der Waals surface area (Å²) in [5, 5.41) is 19.9. The Morgan fingerprint density at radius 3 is 2.47 bits per heavy atom. The quantitative estimate of drug-likeness (QED) is 0.611. The van der Waals surface area contributed by atoms with E-state index in [9.17, 15) is 10.1 Å². The number of aromatic nitrogens is 1. The van der Waals surface area contributed by atoms with Crippen LogP contribution in [0.4, 0.5) is 5.69 Å². The third-order valence-corrected chi connectivity index (χ3v) is 3.20. The van der Waals surface area contributed by atoms with Crippen molar-refractivity contribution in [2.75, 3.05) is 0 Å². The van der Waals surface area contributed by atoms with Crippen molar-refractivity contribution in [1.29, 1.82) is 5.26 Å². The molecule has 0 atom stereocenters. The molecule has 0 saturated carbocycles. The summed E-state index contributed by atoms with van der Waals surface area (Å²) in [5.74, 6) is 0. The molecule has 2 aromatic rings. The van der Waals surface area contributed by atoms with Gasteiger partial charge in [-0.2, -0.15) is 5.26 Å². The number of nitrogens with zero attached hydrogens (tertiary/aromatic N) is 3. The summed E-state index contributed by atoms with van der Waals surface area (Å²) in [6, 6.07) is 8.66. The highest BCUT2D eigenvalue weighted by atomic mass is 16.6. The minimum absolute atomic E-state index is 0.0478. The van der Waals surface area contributed by atoms with E-state index in [2.05, 4.69) is 6.07 Å². The van der Waals surface area contributed by atoms with Gasteiger partial charge in [0.25, 0.3) is 5.69 Å². The zero-order valence-electron chi connectivity index (χ0n) is 11.0. The number of hydrogen-bond donors (Lipinski definition) is 0. The summed E-state index contributed by atoms with van der Waals surface area (Å²) in [5.41, 5.74) is 3.99. The van der Waals surface area contributed by atoms with Gasteiger partial charge in [0.2, 0.25) is 0 Å². The molecular formula is C14H13N3O2. The molecule has 1 aromatic carbocycles. The van der Waals surface area contributed by atoms with Gasteiger partial charge in [0, 0.05) is 23.5 Å². The molecule has 0 radical (unpaired) electrons. The number of non-ortho nitro benzene ring substituents is 1. The van der Waals surface area contributed by atoms with Gasteiger partial charge in [0.15, 0.2) is 0 Å². The zero-order valence-corrected chi connectivity index (χ0v) is 11.0. The molecule has 19 heavy (non-hydrogen) atoms. The molecule has 0 spiro atoms. The van der Waals surface area contributed by atoms with Crippen molar-refractivity contribution in [1.82, 2.24) is 4.57 Å². The van der Waals surface area contributed by atoms with Crippen LogP contribution in [0.1, 0.15) is 22.5 Å². The van der Waals surface area contributed by atoms with Crippen molar-refractivity contribution in [3.63, 3.8) is 0 Å². The van der Waals surface area contributed by atoms with Crippen molar-refractivity contribution in [2.24, 2.45) is 0 Å². The Hall–Kier alpha value is -2.61. The van der Waals surface area contributed by atoms with Gasteiger partial charge in [0.05, 0.1) is 16.2 Å². The Kier molecular flexibility index (Phi) is 3.09. The molecule has 0 N–H and O–H groups in total. The maximum atomic E-state index is 10.9. The van der Waals surface area contributed by atoms with Crippen molar-refractivity contribution < 1.29 is 4.92 Å². The SMILES string of the molecule is Cc1ccc([N+](=O)[O-])cc1-n1c(C)cc(C#N)c1C. The molecule has 1 heterocycles. The van der Waals surface area contributed by atoms with Crippen LogP contribution < -0.4 is 0 Å². The average Bonchev–Trinajstić information content (AvgIpc) is 2.65. The topological polar surface area (TPSA) is 71.9 Å². The molecule has 1 aromatic heterocycles. The van der Waals surface area contributed by atoms with Gasteiger partial charge in [-0.3, -0.25) is 10.1 Å². The Labute approximate surface area is 110 Å². The van der Waals surface area contributed by atoms with Gasteiger partial charge in [-0.05, 0) is 32.4 Å². The lowest BCUT2D eigenvalue weighted by atomic mass is 10.1. The highest BCUT2D eigenvalue weighted by Gasteiger charge is 2.15. The van der Waals surface area contributed by atoms with Crippen LogP contribution in [0.3, 0.4) is 0 Å². The first kappa shape index (κ1) is 12.8. The molecule has 0 aliphatic heterocycles. The van der Waals surface area contributed by atoms with Crippen LogP contribution >= 0.6 is 0 Å². The second-order valence-corrected chi connectivity index (χ2v) is 4.46. The fourth-order valence-electron chi connectivity index (χ4n) is 2.20. The van der Waals surface area contributed by atoms with Crippen molar-refractivity contribution in [3.8, 4) is 11.8 Å². The van der Waals surface area contributed by atoms with E-state index >= 15 is 0 Å². The van der Waals surface area contributed by atoms with E-state index < -0.39 is 4.92 Å². The molecule has 2 rings (SSSR count). The van der Waals surface area contributed by atoms with Crippen LogP contribution in [0.2, 0.25) is 0 Å². The van der Waals surface area contributed by atoms with E-state index in [1.54, 1.807) is 12.1 Å². The van der Waals surface area contributed by atoms with Crippen molar-refractivity contribution in [3.05, 3.63) is 56.9 Å². The zero-order chi connectivity index (χ0) is 14.2. The Morgan fingerprint density at radius 1 is 1.26 bits per heavy atom. The van der Waals surface area contributed by atoms with Gasteiger partial charge in [-0.1, -0.05) is 6.07 Å². The molecule has 0 fully saturated rings. The minimum atomic E-state index is -0.414. The van der Waals surface area contributed by atoms with Crippen LogP contribution in [0.25, 0.3) is 5.69 Å². The Bertz CT molecular complexity index is 708. The molecule has 0 amide bonds. The Balaban J connectivity index is 2.72. The van der Waals surface area contributed by atoms with Crippen LogP contribution in [0, 0.1) is 42.2 Å². The number of hydrogen-bond acceptors (Lipinski definition) is 3. The van der Waals surface area contributed by atoms with Crippen LogP contribution in [-0.2, 0) is 0 Å². The summed E-state index contributed by atoms with van der Waals surface area (Å²) in [4.78, 5) is 10.5. The highest BCUT2D eigenvalue weighted by Crippen LogP contribution is 2.26. The Morgan fingerprint density at radius 2 is 1.95 bits per heavy atom. The van der Waals surface area contributed by atoms with E-state index in [-0.39, 0.29) is 5.69 Å². The number of nitro benzene ring substituents is 1. The van der Waals surface area contributed by atoms with E-state index in [0.29, 0.717) is 5.56 Å². The molecule has 0 unspecified atom stereocenters. The van der Waals surface area contributed by atoms with E-state index in [1.807, 2.05) is 25.3 Å². The maximum Gasteiger partial charge on any atom is 0.271 e. The molecule has 96 valence electrons. The predicted octanol–water partition coefficient (Wildman–Crippen LogP) is 3.18. The number of nitro groups is 1. The average molecular weight is 255 g/mol. The number of aryl methyl sites for hydroxylation is 2. The summed E-state index contributed by atoms with van der Waals surface area (Å²) < 4.78 is 1.88. The van der Waals surface area contributed by atoms with Crippen LogP contribution in [0.15, 0.2) is 24.3 Å². The van der Waals surface area contributed by atoms with Gasteiger partial charge in [-0.15, -0.1) is 0 Å². The second kappa shape index (κ2) is 4.58. The number of rotatable bonds is 2. The fourth-order valence-corrected chi connectivity index (χ4v) is 2.20. The van der Waals surface area contributed by atoms with E-state index in [1.165, 1.54) is 12.1 Å². The van der Waals surface area contributed by atoms with Gasteiger partial charge in [-0.25, -0.2) is 0 Å². The van der Waals surface area contributed by atoms with Gasteiger partial charge in [0.1, 0.15) is 6.07 Å². The highest BCUT2D eigenvalue weighted by molar-refractivity contribution is 5.53. The minimum Gasteiger partial charge on any atom is -0.317 e. The lowest BCUT2D eigenvalue weighted by molar-refractivity contribution is -0.384. The number of benzene rings is 1. The summed E-state index contributed by atoms with van der Waals surface area (Å²) >= 11 is 0. The van der Waals surface area contributed by atoms with E-state index in [4.69, 9.17) is 5.26 Å². The lowest BCUT2D eigenvalue weighted by Gasteiger charge is -2.12.